The minimum absolute atomic E-state index is 0.0334. The molecule has 0 saturated heterocycles. The third-order valence-corrected chi connectivity index (χ3v) is 7.34. The van der Waals surface area contributed by atoms with E-state index >= 15 is 0 Å². The molecule has 0 saturated carbocycles. The van der Waals surface area contributed by atoms with Crippen molar-refractivity contribution in [1.29, 1.82) is 0 Å². The number of hydrogen-bond acceptors (Lipinski definition) is 6. The van der Waals surface area contributed by atoms with Gasteiger partial charge in [-0.3, -0.25) is 9.59 Å². The molecular formula is C22H25N3O3S2. The zero-order chi connectivity index (χ0) is 21.1. The van der Waals surface area contributed by atoms with Crippen LogP contribution in [0.2, 0.25) is 0 Å². The van der Waals surface area contributed by atoms with Gasteiger partial charge in [-0.05, 0) is 43.9 Å². The molecule has 2 heterocycles. The highest BCUT2D eigenvalue weighted by Crippen LogP contribution is 2.34. The Balaban J connectivity index is 1.25. The minimum Gasteiger partial charge on any atom is -0.492 e. The number of thioether (sulfide) groups is 1. The van der Waals surface area contributed by atoms with Gasteiger partial charge in [0.2, 0.25) is 5.91 Å². The van der Waals surface area contributed by atoms with Gasteiger partial charge in [-0.2, -0.15) is 0 Å². The number of carbonyl (C=O) groups is 1. The largest absolute Gasteiger partial charge is 0.492 e. The number of carbonyl (C=O) groups excluding carboxylic acids is 1. The molecule has 1 aromatic carbocycles. The van der Waals surface area contributed by atoms with Crippen molar-refractivity contribution in [2.24, 2.45) is 0 Å². The third-order valence-electron chi connectivity index (χ3n) is 5.23. The van der Waals surface area contributed by atoms with Gasteiger partial charge in [0.15, 0.2) is 0 Å². The number of amides is 1. The summed E-state index contributed by atoms with van der Waals surface area (Å²) >= 11 is 3.10. The van der Waals surface area contributed by atoms with Gasteiger partial charge < -0.3 is 14.6 Å². The highest BCUT2D eigenvalue weighted by molar-refractivity contribution is 7.99. The molecule has 0 spiro atoms. The number of fused-ring (bicyclic) bond motifs is 3. The number of H-pyrrole nitrogens is 1. The van der Waals surface area contributed by atoms with Gasteiger partial charge in [0.1, 0.15) is 23.0 Å². The Morgan fingerprint density at radius 3 is 2.90 bits per heavy atom. The number of aryl methyl sites for hydroxylation is 3. The number of nitrogens with zero attached hydrogens (tertiary/aromatic N) is 2. The zero-order valence-electron chi connectivity index (χ0n) is 17.2. The van der Waals surface area contributed by atoms with Crippen LogP contribution >= 0.6 is 23.1 Å². The molecule has 6 nitrogen and oxygen atoms in total. The number of aromatic amines is 1. The molecule has 0 aliphatic heterocycles. The third kappa shape index (κ3) is 4.70. The summed E-state index contributed by atoms with van der Waals surface area (Å²) in [5.41, 5.74) is 2.32. The Hall–Kier alpha value is -2.32. The molecule has 4 rings (SSSR count). The van der Waals surface area contributed by atoms with Gasteiger partial charge in [-0.15, -0.1) is 23.1 Å². The summed E-state index contributed by atoms with van der Waals surface area (Å²) in [6.45, 7) is 3.00. The highest BCUT2D eigenvalue weighted by Gasteiger charge is 2.21. The van der Waals surface area contributed by atoms with Crippen molar-refractivity contribution in [3.05, 3.63) is 56.4 Å². The average molecular weight is 444 g/mol. The molecule has 158 valence electrons. The molecule has 0 unspecified atom stereocenters. The number of benzene rings is 1. The summed E-state index contributed by atoms with van der Waals surface area (Å²) in [4.78, 5) is 36.2. The molecule has 2 aromatic heterocycles. The topological polar surface area (TPSA) is 75.3 Å². The molecule has 1 N–H and O–H groups in total. The van der Waals surface area contributed by atoms with Crippen LogP contribution < -0.4 is 10.3 Å². The summed E-state index contributed by atoms with van der Waals surface area (Å²) < 4.78 is 5.69. The number of rotatable bonds is 8. The Labute approximate surface area is 183 Å². The van der Waals surface area contributed by atoms with Crippen molar-refractivity contribution in [3.63, 3.8) is 0 Å². The molecule has 1 aliphatic carbocycles. The lowest BCUT2D eigenvalue weighted by atomic mass is 10.2. The Morgan fingerprint density at radius 2 is 2.10 bits per heavy atom. The Bertz CT molecular complexity index is 1110. The fourth-order valence-electron chi connectivity index (χ4n) is 3.52. The SMILES string of the molecule is Cc1ccc(OCCN(C)C(=O)CSCc2nc3sc4c(c3c(=O)[nH]2)CCC4)cc1. The van der Waals surface area contributed by atoms with Gasteiger partial charge in [0.25, 0.3) is 5.56 Å². The molecule has 0 atom stereocenters. The second kappa shape index (κ2) is 9.22. The first-order chi connectivity index (χ1) is 14.5. The van der Waals surface area contributed by atoms with E-state index < -0.39 is 0 Å². The van der Waals surface area contributed by atoms with E-state index in [1.54, 1.807) is 23.3 Å². The predicted octanol–water partition coefficient (Wildman–Crippen LogP) is 3.55. The maximum Gasteiger partial charge on any atom is 0.259 e. The lowest BCUT2D eigenvalue weighted by Gasteiger charge is -2.17. The Kier molecular flexibility index (Phi) is 6.43. The van der Waals surface area contributed by atoms with Crippen molar-refractivity contribution in [2.45, 2.75) is 31.9 Å². The second-order valence-electron chi connectivity index (χ2n) is 7.52. The molecule has 3 aromatic rings. The van der Waals surface area contributed by atoms with Gasteiger partial charge in [-0.25, -0.2) is 4.98 Å². The van der Waals surface area contributed by atoms with Crippen LogP contribution in [0.3, 0.4) is 0 Å². The van der Waals surface area contributed by atoms with Crippen LogP contribution in [0.5, 0.6) is 5.75 Å². The molecule has 0 fully saturated rings. The van der Waals surface area contributed by atoms with Gasteiger partial charge in [0.05, 0.1) is 23.4 Å². The second-order valence-corrected chi connectivity index (χ2v) is 9.59. The van der Waals surface area contributed by atoms with Crippen LogP contribution in [0.15, 0.2) is 29.1 Å². The van der Waals surface area contributed by atoms with Gasteiger partial charge in [0, 0.05) is 11.9 Å². The number of aromatic nitrogens is 2. The smallest absolute Gasteiger partial charge is 0.259 e. The lowest BCUT2D eigenvalue weighted by molar-refractivity contribution is -0.127. The normalized spacial score (nSPS) is 12.9. The van der Waals surface area contributed by atoms with Crippen LogP contribution in [-0.2, 0) is 23.4 Å². The number of ether oxygens (including phenoxy) is 1. The molecular weight excluding hydrogens is 418 g/mol. The first-order valence-electron chi connectivity index (χ1n) is 10.1. The molecule has 0 bridgehead atoms. The molecule has 1 aliphatic rings. The fourth-order valence-corrected chi connectivity index (χ4v) is 5.63. The van der Waals surface area contributed by atoms with Crippen molar-refractivity contribution in [1.82, 2.24) is 14.9 Å². The van der Waals surface area contributed by atoms with Crippen LogP contribution in [0, 0.1) is 6.92 Å². The maximum atomic E-state index is 12.5. The quantitative estimate of drug-likeness (QED) is 0.576. The lowest BCUT2D eigenvalue weighted by Crippen LogP contribution is -2.32. The van der Waals surface area contributed by atoms with Crippen LogP contribution in [0.1, 0.15) is 28.2 Å². The summed E-state index contributed by atoms with van der Waals surface area (Å²) in [6, 6.07) is 7.86. The summed E-state index contributed by atoms with van der Waals surface area (Å²) in [6.07, 6.45) is 3.15. The average Bonchev–Trinajstić information content (AvgIpc) is 3.30. The van der Waals surface area contributed by atoms with E-state index in [0.717, 1.165) is 35.2 Å². The van der Waals surface area contributed by atoms with Crippen molar-refractivity contribution in [2.75, 3.05) is 26.0 Å². The van der Waals surface area contributed by atoms with Crippen LogP contribution in [0.25, 0.3) is 10.2 Å². The minimum atomic E-state index is -0.0494. The summed E-state index contributed by atoms with van der Waals surface area (Å²) in [5.74, 6) is 2.32. The van der Waals surface area contributed by atoms with Gasteiger partial charge in [-0.1, -0.05) is 17.7 Å². The van der Waals surface area contributed by atoms with E-state index in [1.807, 2.05) is 31.2 Å². The first kappa shape index (κ1) is 20.9. The van der Waals surface area contributed by atoms with E-state index in [1.165, 1.54) is 27.8 Å². The Morgan fingerprint density at radius 1 is 1.30 bits per heavy atom. The highest BCUT2D eigenvalue weighted by atomic mass is 32.2. The van der Waals surface area contributed by atoms with E-state index in [-0.39, 0.29) is 11.5 Å². The van der Waals surface area contributed by atoms with Crippen LogP contribution in [0.4, 0.5) is 0 Å². The number of hydrogen-bond donors (Lipinski definition) is 1. The fraction of sp³-hybridized carbons (Fsp3) is 0.409. The number of nitrogens with one attached hydrogen (secondary N) is 1. The standard InChI is InChI=1S/C22H25N3O3S2/c1-14-6-8-15(9-7-14)28-11-10-25(2)19(26)13-29-12-18-23-21(27)20-16-4-3-5-17(16)30-22(20)24-18/h6-9H,3-5,10-13H2,1-2H3,(H,23,24,27). The molecule has 1 amide bonds. The van der Waals surface area contributed by atoms with E-state index in [2.05, 4.69) is 9.97 Å². The summed E-state index contributed by atoms with van der Waals surface area (Å²) in [5, 5.41) is 0.769. The predicted molar refractivity (Wildman–Crippen MR) is 123 cm³/mol. The summed E-state index contributed by atoms with van der Waals surface area (Å²) in [7, 11) is 1.78. The van der Waals surface area contributed by atoms with E-state index in [4.69, 9.17) is 4.74 Å². The van der Waals surface area contributed by atoms with Crippen LogP contribution in [-0.4, -0.2) is 46.7 Å². The van der Waals surface area contributed by atoms with E-state index in [0.29, 0.717) is 30.5 Å². The molecule has 30 heavy (non-hydrogen) atoms. The maximum absolute atomic E-state index is 12.5. The zero-order valence-corrected chi connectivity index (χ0v) is 18.8. The first-order valence-corrected chi connectivity index (χ1v) is 12.0. The van der Waals surface area contributed by atoms with Crippen molar-refractivity contribution < 1.29 is 9.53 Å². The number of thiophene rings is 1. The van der Waals surface area contributed by atoms with Gasteiger partial charge >= 0.3 is 0 Å². The van der Waals surface area contributed by atoms with E-state index in [9.17, 15) is 9.59 Å². The van der Waals surface area contributed by atoms with Crippen molar-refractivity contribution in [3.8, 4) is 5.75 Å². The monoisotopic (exact) mass is 443 g/mol. The molecule has 8 heteroatoms. The number of likely N-dealkylation sites (N-methyl/N-ethyl adjacent to an activating group) is 1. The van der Waals surface area contributed by atoms with Crippen molar-refractivity contribution >= 4 is 39.2 Å². The molecule has 0 radical (unpaired) electrons.